The van der Waals surface area contributed by atoms with Crippen LogP contribution in [-0.4, -0.2) is 17.4 Å². The van der Waals surface area contributed by atoms with Gasteiger partial charge in [0.25, 0.3) is 0 Å². The van der Waals surface area contributed by atoms with Crippen LogP contribution in [-0.2, 0) is 4.79 Å². The van der Waals surface area contributed by atoms with Crippen molar-refractivity contribution in [1.29, 1.82) is 0 Å². The summed E-state index contributed by atoms with van der Waals surface area (Å²) in [5.74, 6) is 0.430. The van der Waals surface area contributed by atoms with Crippen LogP contribution in [0.1, 0.15) is 25.3 Å². The van der Waals surface area contributed by atoms with Crippen LogP contribution in [0.25, 0.3) is 0 Å². The number of hydrogen-bond donors (Lipinski definition) is 2. The van der Waals surface area contributed by atoms with Crippen molar-refractivity contribution in [3.05, 3.63) is 24.0 Å². The SMILES string of the molecule is Cc1cnccc1NC(=O)CCC(C)CN. The van der Waals surface area contributed by atoms with Gasteiger partial charge in [0.15, 0.2) is 0 Å². The summed E-state index contributed by atoms with van der Waals surface area (Å²) in [6, 6.07) is 1.81. The molecule has 0 aliphatic heterocycles. The fourth-order valence-electron chi connectivity index (χ4n) is 1.32. The third-order valence-electron chi connectivity index (χ3n) is 2.56. The largest absolute Gasteiger partial charge is 0.330 e. The molecule has 1 aromatic heterocycles. The number of pyridine rings is 1. The Morgan fingerprint density at radius 2 is 2.38 bits per heavy atom. The molecule has 0 aliphatic rings. The Kier molecular flexibility index (Phi) is 4.92. The molecule has 1 atom stereocenters. The van der Waals surface area contributed by atoms with Crippen LogP contribution in [0.4, 0.5) is 5.69 Å². The first-order chi connectivity index (χ1) is 7.63. The van der Waals surface area contributed by atoms with Gasteiger partial charge in [-0.05, 0) is 37.4 Å². The number of amides is 1. The molecule has 4 nitrogen and oxygen atoms in total. The van der Waals surface area contributed by atoms with Gasteiger partial charge in [0.1, 0.15) is 0 Å². The van der Waals surface area contributed by atoms with Gasteiger partial charge in [-0.1, -0.05) is 6.92 Å². The van der Waals surface area contributed by atoms with Gasteiger partial charge in [0.2, 0.25) is 5.91 Å². The standard InChI is InChI=1S/C12H19N3O/c1-9(7-13)3-4-12(16)15-11-5-6-14-8-10(11)2/h5-6,8-9H,3-4,7,13H2,1-2H3,(H,14,15,16). The zero-order chi connectivity index (χ0) is 12.0. The van der Waals surface area contributed by atoms with Gasteiger partial charge >= 0.3 is 0 Å². The van der Waals surface area contributed by atoms with Crippen LogP contribution < -0.4 is 11.1 Å². The van der Waals surface area contributed by atoms with Gasteiger partial charge in [-0.25, -0.2) is 0 Å². The van der Waals surface area contributed by atoms with Gasteiger partial charge < -0.3 is 11.1 Å². The Balaban J connectivity index is 2.43. The molecule has 0 aliphatic carbocycles. The lowest BCUT2D eigenvalue weighted by Gasteiger charge is -2.09. The van der Waals surface area contributed by atoms with Crippen LogP contribution >= 0.6 is 0 Å². The first-order valence-corrected chi connectivity index (χ1v) is 5.54. The van der Waals surface area contributed by atoms with Crippen molar-refractivity contribution in [2.45, 2.75) is 26.7 Å². The molecule has 4 heteroatoms. The first-order valence-electron chi connectivity index (χ1n) is 5.54. The van der Waals surface area contributed by atoms with Crippen molar-refractivity contribution in [2.24, 2.45) is 11.7 Å². The van der Waals surface area contributed by atoms with Crippen LogP contribution in [0.2, 0.25) is 0 Å². The van der Waals surface area contributed by atoms with E-state index in [4.69, 9.17) is 5.73 Å². The Morgan fingerprint density at radius 1 is 1.62 bits per heavy atom. The number of nitrogens with two attached hydrogens (primary N) is 1. The lowest BCUT2D eigenvalue weighted by atomic mass is 10.1. The normalized spacial score (nSPS) is 12.2. The highest BCUT2D eigenvalue weighted by Gasteiger charge is 2.06. The quantitative estimate of drug-likeness (QED) is 0.795. The number of carbonyl (C=O) groups excluding carboxylic acids is 1. The fraction of sp³-hybridized carbons (Fsp3) is 0.500. The number of aryl methyl sites for hydroxylation is 1. The predicted molar refractivity (Wildman–Crippen MR) is 65.1 cm³/mol. The number of carbonyl (C=O) groups is 1. The fourth-order valence-corrected chi connectivity index (χ4v) is 1.32. The highest BCUT2D eigenvalue weighted by atomic mass is 16.1. The minimum atomic E-state index is 0.0367. The summed E-state index contributed by atoms with van der Waals surface area (Å²) in [5, 5.41) is 2.87. The molecule has 1 aromatic rings. The van der Waals surface area contributed by atoms with E-state index in [1.807, 2.05) is 13.8 Å². The molecule has 0 saturated carbocycles. The van der Waals surface area contributed by atoms with Gasteiger partial charge in [-0.3, -0.25) is 9.78 Å². The van der Waals surface area contributed by atoms with E-state index in [1.54, 1.807) is 18.5 Å². The maximum atomic E-state index is 11.6. The Labute approximate surface area is 96.3 Å². The highest BCUT2D eigenvalue weighted by molar-refractivity contribution is 5.91. The smallest absolute Gasteiger partial charge is 0.224 e. The molecular formula is C12H19N3O. The van der Waals surface area contributed by atoms with Crippen molar-refractivity contribution in [3.8, 4) is 0 Å². The zero-order valence-corrected chi connectivity index (χ0v) is 9.86. The second kappa shape index (κ2) is 6.23. The molecule has 1 unspecified atom stereocenters. The second-order valence-electron chi connectivity index (χ2n) is 4.12. The number of nitrogens with zero attached hydrogens (tertiary/aromatic N) is 1. The van der Waals surface area contributed by atoms with Crippen LogP contribution in [0.3, 0.4) is 0 Å². The van der Waals surface area contributed by atoms with Crippen molar-refractivity contribution < 1.29 is 4.79 Å². The minimum absolute atomic E-state index is 0.0367. The molecule has 1 rings (SSSR count). The molecule has 88 valence electrons. The van der Waals surface area contributed by atoms with E-state index in [2.05, 4.69) is 10.3 Å². The summed E-state index contributed by atoms with van der Waals surface area (Å²) < 4.78 is 0. The number of anilines is 1. The molecular weight excluding hydrogens is 202 g/mol. The molecule has 0 fully saturated rings. The van der Waals surface area contributed by atoms with E-state index in [0.29, 0.717) is 18.9 Å². The Hall–Kier alpha value is -1.42. The maximum absolute atomic E-state index is 11.6. The van der Waals surface area contributed by atoms with Crippen molar-refractivity contribution in [1.82, 2.24) is 4.98 Å². The average Bonchev–Trinajstić information content (AvgIpc) is 2.29. The summed E-state index contributed by atoms with van der Waals surface area (Å²) in [4.78, 5) is 15.6. The lowest BCUT2D eigenvalue weighted by molar-refractivity contribution is -0.116. The van der Waals surface area contributed by atoms with Crippen molar-refractivity contribution in [2.75, 3.05) is 11.9 Å². The van der Waals surface area contributed by atoms with Gasteiger partial charge in [-0.2, -0.15) is 0 Å². The molecule has 0 aromatic carbocycles. The molecule has 0 radical (unpaired) electrons. The average molecular weight is 221 g/mol. The van der Waals surface area contributed by atoms with Gasteiger partial charge in [0.05, 0.1) is 0 Å². The third kappa shape index (κ3) is 3.98. The van der Waals surface area contributed by atoms with E-state index in [1.165, 1.54) is 0 Å². The van der Waals surface area contributed by atoms with Gasteiger partial charge in [0, 0.05) is 24.5 Å². The number of nitrogens with one attached hydrogen (secondary N) is 1. The monoisotopic (exact) mass is 221 g/mol. The summed E-state index contributed by atoms with van der Waals surface area (Å²) in [6.45, 7) is 4.59. The molecule has 3 N–H and O–H groups in total. The van der Waals surface area contributed by atoms with Gasteiger partial charge in [-0.15, -0.1) is 0 Å². The van der Waals surface area contributed by atoms with Crippen LogP contribution in [0.5, 0.6) is 0 Å². The second-order valence-corrected chi connectivity index (χ2v) is 4.12. The zero-order valence-electron chi connectivity index (χ0n) is 9.86. The lowest BCUT2D eigenvalue weighted by Crippen LogP contribution is -2.16. The summed E-state index contributed by atoms with van der Waals surface area (Å²) in [7, 11) is 0. The van der Waals surface area contributed by atoms with Crippen molar-refractivity contribution >= 4 is 11.6 Å². The third-order valence-corrected chi connectivity index (χ3v) is 2.56. The van der Waals surface area contributed by atoms with E-state index < -0.39 is 0 Å². The van der Waals surface area contributed by atoms with E-state index in [-0.39, 0.29) is 5.91 Å². The molecule has 0 bridgehead atoms. The number of hydrogen-bond acceptors (Lipinski definition) is 3. The molecule has 16 heavy (non-hydrogen) atoms. The molecule has 1 heterocycles. The molecule has 0 spiro atoms. The summed E-state index contributed by atoms with van der Waals surface area (Å²) in [5.41, 5.74) is 7.30. The van der Waals surface area contributed by atoms with E-state index >= 15 is 0 Å². The number of rotatable bonds is 5. The maximum Gasteiger partial charge on any atom is 0.224 e. The first kappa shape index (κ1) is 12.6. The Bertz CT molecular complexity index is 352. The summed E-state index contributed by atoms with van der Waals surface area (Å²) in [6.07, 6.45) is 4.75. The topological polar surface area (TPSA) is 68.0 Å². The van der Waals surface area contributed by atoms with Crippen LogP contribution in [0, 0.1) is 12.8 Å². The van der Waals surface area contributed by atoms with E-state index in [0.717, 1.165) is 17.7 Å². The molecule has 1 amide bonds. The minimum Gasteiger partial charge on any atom is -0.330 e. The van der Waals surface area contributed by atoms with E-state index in [9.17, 15) is 4.79 Å². The molecule has 0 saturated heterocycles. The Morgan fingerprint density at radius 3 is 3.00 bits per heavy atom. The number of aromatic nitrogens is 1. The van der Waals surface area contributed by atoms with Crippen molar-refractivity contribution in [3.63, 3.8) is 0 Å². The summed E-state index contributed by atoms with van der Waals surface area (Å²) >= 11 is 0. The predicted octanol–water partition coefficient (Wildman–Crippen LogP) is 1.70. The highest BCUT2D eigenvalue weighted by Crippen LogP contribution is 2.13. The van der Waals surface area contributed by atoms with Crippen LogP contribution in [0.15, 0.2) is 18.5 Å².